The summed E-state index contributed by atoms with van der Waals surface area (Å²) in [6.07, 6.45) is 3.89. The van der Waals surface area contributed by atoms with E-state index in [1.54, 1.807) is 11.7 Å². The third kappa shape index (κ3) is 4.19. The Hall–Kier alpha value is -2.63. The molecule has 2 aliphatic heterocycles. The van der Waals surface area contributed by atoms with Crippen LogP contribution in [0.5, 0.6) is 0 Å². The van der Waals surface area contributed by atoms with Crippen LogP contribution in [0.4, 0.5) is 0 Å². The molecule has 0 radical (unpaired) electrons. The maximum absolute atomic E-state index is 12.9. The predicted octanol–water partition coefficient (Wildman–Crippen LogP) is 7.13. The average molecular weight is 547 g/mol. The maximum atomic E-state index is 12.9. The molecule has 2 aromatic rings. The van der Waals surface area contributed by atoms with E-state index >= 15 is 0 Å². The number of carbonyl (C=O) groups excluding carboxylic acids is 1. The quantitative estimate of drug-likeness (QED) is 0.233. The number of allylic oxidation sites excluding steroid dienone is 1. The van der Waals surface area contributed by atoms with Gasteiger partial charge < -0.3 is 4.43 Å². The Balaban J connectivity index is 1.77. The standard InChI is InChI=1S/C30H39N4O2PSi/c1-22(35)34-32-25-20-14-15-21-30(25)33-31-27(37(30)34)26(28(2,3)4)36-38(29(5,6)7,23-16-10-8-11-17-23)24-18-12-9-13-19-24/h8-13,16-19H,14-15,20-21H2,1-7H3/b27-26+. The van der Waals surface area contributed by atoms with Crippen LogP contribution in [0, 0.1) is 5.41 Å². The molecule has 3 aliphatic rings. The SMILES string of the molecule is CC(=O)N1N=C2CCCCC23N=N/C(=C(\O[Si](c2ccccc2)(c2ccccc2)C(C)(C)C)C(C)(C)C)P13. The zero-order valence-corrected chi connectivity index (χ0v) is 25.5. The number of azo groups is 1. The Labute approximate surface area is 229 Å². The number of carbonyl (C=O) groups is 1. The molecule has 200 valence electrons. The normalized spacial score (nSPS) is 24.6. The molecule has 6 nitrogen and oxygen atoms in total. The van der Waals surface area contributed by atoms with Crippen LogP contribution in [0.3, 0.4) is 0 Å². The third-order valence-electron chi connectivity index (χ3n) is 7.76. The zero-order chi connectivity index (χ0) is 27.3. The lowest BCUT2D eigenvalue weighted by atomic mass is 9.93. The van der Waals surface area contributed by atoms with E-state index in [0.717, 1.165) is 42.6 Å². The fourth-order valence-corrected chi connectivity index (χ4v) is 13.6. The molecule has 2 atom stereocenters. The highest BCUT2D eigenvalue weighted by Gasteiger charge is 2.61. The average Bonchev–Trinajstić information content (AvgIpc) is 3.39. The van der Waals surface area contributed by atoms with E-state index in [1.165, 1.54) is 10.4 Å². The van der Waals surface area contributed by atoms with E-state index in [2.05, 4.69) is 102 Å². The largest absolute Gasteiger partial charge is 0.535 e. The predicted molar refractivity (Wildman–Crippen MR) is 158 cm³/mol. The molecule has 2 aromatic carbocycles. The molecular weight excluding hydrogens is 507 g/mol. The van der Waals surface area contributed by atoms with Crippen molar-refractivity contribution in [3.8, 4) is 0 Å². The lowest BCUT2D eigenvalue weighted by Crippen LogP contribution is -2.66. The molecule has 2 heterocycles. The summed E-state index contributed by atoms with van der Waals surface area (Å²) in [6.45, 7) is 15.0. The van der Waals surface area contributed by atoms with Crippen molar-refractivity contribution >= 4 is 38.4 Å². The van der Waals surface area contributed by atoms with E-state index in [4.69, 9.17) is 19.8 Å². The molecule has 0 bridgehead atoms. The number of benzene rings is 2. The van der Waals surface area contributed by atoms with Crippen LogP contribution < -0.4 is 10.4 Å². The molecule has 1 amide bonds. The minimum atomic E-state index is -2.92. The van der Waals surface area contributed by atoms with Gasteiger partial charge in [0.1, 0.15) is 19.3 Å². The molecule has 8 heteroatoms. The van der Waals surface area contributed by atoms with Gasteiger partial charge in [-0.2, -0.15) is 10.2 Å². The van der Waals surface area contributed by atoms with Crippen molar-refractivity contribution in [2.45, 2.75) is 84.5 Å². The van der Waals surface area contributed by atoms with E-state index in [0.29, 0.717) is 0 Å². The van der Waals surface area contributed by atoms with Gasteiger partial charge in [0.05, 0.1) is 5.71 Å². The Morgan fingerprint density at radius 2 is 1.53 bits per heavy atom. The molecule has 2 unspecified atom stereocenters. The Morgan fingerprint density at radius 1 is 0.947 bits per heavy atom. The van der Waals surface area contributed by atoms with Gasteiger partial charge in [0.25, 0.3) is 0 Å². The van der Waals surface area contributed by atoms with Gasteiger partial charge in [0.15, 0.2) is 5.28 Å². The summed E-state index contributed by atoms with van der Waals surface area (Å²) in [5, 5.41) is 16.4. The first-order valence-corrected chi connectivity index (χ1v) is 16.8. The highest BCUT2D eigenvalue weighted by molar-refractivity contribution is 7.63. The molecule has 5 rings (SSSR count). The van der Waals surface area contributed by atoms with Crippen molar-refractivity contribution in [3.05, 3.63) is 71.9 Å². The highest BCUT2D eigenvalue weighted by atomic mass is 31.1. The number of hydrogen-bond donors (Lipinski definition) is 0. The number of hydrogen-bond acceptors (Lipinski definition) is 5. The first kappa shape index (κ1) is 27.0. The van der Waals surface area contributed by atoms with E-state index in [1.807, 2.05) is 0 Å². The van der Waals surface area contributed by atoms with Crippen molar-refractivity contribution in [1.82, 2.24) is 4.78 Å². The van der Waals surface area contributed by atoms with Crippen molar-refractivity contribution in [2.75, 3.05) is 0 Å². The van der Waals surface area contributed by atoms with E-state index in [9.17, 15) is 4.79 Å². The number of nitrogens with zero attached hydrogens (tertiary/aromatic N) is 4. The Morgan fingerprint density at radius 3 is 2.03 bits per heavy atom. The van der Waals surface area contributed by atoms with Crippen LogP contribution >= 0.6 is 8.07 Å². The number of rotatable bonds is 4. The van der Waals surface area contributed by atoms with Crippen LogP contribution in [-0.2, 0) is 9.22 Å². The first-order valence-electron chi connectivity index (χ1n) is 13.6. The monoisotopic (exact) mass is 546 g/mol. The van der Waals surface area contributed by atoms with E-state index < -0.39 is 21.7 Å². The van der Waals surface area contributed by atoms with Crippen molar-refractivity contribution in [3.63, 3.8) is 0 Å². The maximum Gasteiger partial charge on any atom is 0.319 e. The van der Waals surface area contributed by atoms with Gasteiger partial charge in [0, 0.05) is 12.3 Å². The zero-order valence-electron chi connectivity index (χ0n) is 23.7. The minimum absolute atomic E-state index is 0.0547. The second kappa shape index (κ2) is 9.53. The van der Waals surface area contributed by atoms with Crippen LogP contribution in [0.15, 0.2) is 87.2 Å². The lowest BCUT2D eigenvalue weighted by molar-refractivity contribution is -0.124. The second-order valence-electron chi connectivity index (χ2n) is 12.6. The molecule has 0 aromatic heterocycles. The number of amides is 1. The third-order valence-corrected chi connectivity index (χ3v) is 15.4. The summed E-state index contributed by atoms with van der Waals surface area (Å²) in [4.78, 5) is 12.9. The Kier molecular flexibility index (Phi) is 6.76. The van der Waals surface area contributed by atoms with E-state index in [-0.39, 0.29) is 16.4 Å². The van der Waals surface area contributed by atoms with Crippen molar-refractivity contribution in [1.29, 1.82) is 0 Å². The molecule has 1 aliphatic carbocycles. The Bertz CT molecular complexity index is 1270. The highest BCUT2D eigenvalue weighted by Crippen LogP contribution is 2.72. The van der Waals surface area contributed by atoms with Gasteiger partial charge in [-0.3, -0.25) is 4.79 Å². The number of hydrazone groups is 1. The fraction of sp³-hybridized carbons (Fsp3) is 0.467. The topological polar surface area (TPSA) is 66.6 Å². The van der Waals surface area contributed by atoms with Crippen molar-refractivity contribution in [2.24, 2.45) is 20.7 Å². The van der Waals surface area contributed by atoms with Gasteiger partial charge in [-0.15, -0.1) is 5.11 Å². The van der Waals surface area contributed by atoms with Gasteiger partial charge in [-0.05, 0) is 41.1 Å². The van der Waals surface area contributed by atoms with Gasteiger partial charge in [-0.1, -0.05) is 102 Å². The summed E-state index contributed by atoms with van der Waals surface area (Å²) in [6, 6.07) is 21.3. The summed E-state index contributed by atoms with van der Waals surface area (Å²) >= 11 is 0. The molecule has 38 heavy (non-hydrogen) atoms. The van der Waals surface area contributed by atoms with Crippen LogP contribution in [-0.4, -0.2) is 30.0 Å². The lowest BCUT2D eigenvalue weighted by Gasteiger charge is -2.46. The smallest absolute Gasteiger partial charge is 0.319 e. The van der Waals surface area contributed by atoms with Gasteiger partial charge in [-0.25, -0.2) is 4.78 Å². The first-order chi connectivity index (χ1) is 17.9. The second-order valence-corrected chi connectivity index (χ2v) is 18.9. The molecule has 1 spiro atoms. The molecule has 0 N–H and O–H groups in total. The van der Waals surface area contributed by atoms with Crippen LogP contribution in [0.1, 0.15) is 74.1 Å². The molecular formula is C30H39N4O2PSi. The minimum Gasteiger partial charge on any atom is -0.535 e. The molecule has 1 saturated carbocycles. The summed E-state index contributed by atoms with van der Waals surface area (Å²) in [7, 11) is -4.16. The van der Waals surface area contributed by atoms with Crippen molar-refractivity contribution < 1.29 is 9.22 Å². The van der Waals surface area contributed by atoms with Crippen LogP contribution in [0.2, 0.25) is 5.04 Å². The van der Waals surface area contributed by atoms with Crippen LogP contribution in [0.25, 0.3) is 0 Å². The summed E-state index contributed by atoms with van der Waals surface area (Å²) in [5.41, 5.74) is 1.47. The molecule has 0 saturated heterocycles. The molecule has 1 fully saturated rings. The van der Waals surface area contributed by atoms with Gasteiger partial charge in [0.2, 0.25) is 5.91 Å². The van der Waals surface area contributed by atoms with Gasteiger partial charge >= 0.3 is 8.32 Å². The summed E-state index contributed by atoms with van der Waals surface area (Å²) in [5.74, 6) is 0.785. The summed E-state index contributed by atoms with van der Waals surface area (Å²) < 4.78 is 9.33. The fourth-order valence-electron chi connectivity index (χ4n) is 5.96.